The monoisotopic (exact) mass is 284 g/mol. The van der Waals surface area contributed by atoms with Crippen LogP contribution in [0.5, 0.6) is 0 Å². The van der Waals surface area contributed by atoms with E-state index in [1.165, 1.54) is 0 Å². The van der Waals surface area contributed by atoms with Gasteiger partial charge < -0.3 is 20.5 Å². The minimum absolute atomic E-state index is 0.0327. The lowest BCUT2D eigenvalue weighted by Crippen LogP contribution is -2.51. The summed E-state index contributed by atoms with van der Waals surface area (Å²) in [5.74, 6) is 0.191. The molecule has 0 radical (unpaired) electrons. The second kappa shape index (κ2) is 7.04. The molecule has 6 heteroatoms. The number of amides is 2. The first-order valence-electron chi connectivity index (χ1n) is 7.47. The topological polar surface area (TPSA) is 87.7 Å². The molecule has 0 aromatic carbocycles. The number of hydrogen-bond donors (Lipinski definition) is 3. The van der Waals surface area contributed by atoms with E-state index in [4.69, 9.17) is 4.74 Å². The van der Waals surface area contributed by atoms with E-state index in [-0.39, 0.29) is 36.5 Å². The zero-order chi connectivity index (χ0) is 14.5. The van der Waals surface area contributed by atoms with Crippen LogP contribution in [-0.4, -0.2) is 48.3 Å². The van der Waals surface area contributed by atoms with E-state index < -0.39 is 6.10 Å². The predicted octanol–water partition coefficient (Wildman–Crippen LogP) is -0.0527. The smallest absolute Gasteiger partial charge is 0.223 e. The van der Waals surface area contributed by atoms with Crippen molar-refractivity contribution in [3.63, 3.8) is 0 Å². The Kier molecular flexibility index (Phi) is 5.37. The summed E-state index contributed by atoms with van der Waals surface area (Å²) in [5.41, 5.74) is 0. The lowest BCUT2D eigenvalue weighted by Gasteiger charge is -2.36. The van der Waals surface area contributed by atoms with Crippen molar-refractivity contribution in [3.8, 4) is 0 Å². The van der Waals surface area contributed by atoms with Crippen molar-refractivity contribution in [1.29, 1.82) is 0 Å². The first-order chi connectivity index (χ1) is 9.63. The van der Waals surface area contributed by atoms with Crippen LogP contribution in [0.15, 0.2) is 0 Å². The van der Waals surface area contributed by atoms with Gasteiger partial charge in [0.2, 0.25) is 11.8 Å². The Morgan fingerprint density at radius 3 is 2.60 bits per heavy atom. The van der Waals surface area contributed by atoms with Crippen molar-refractivity contribution in [2.75, 3.05) is 13.2 Å². The number of aliphatic hydroxyl groups excluding tert-OH is 1. The number of carbonyl (C=O) groups is 2. The Morgan fingerprint density at radius 2 is 2.00 bits per heavy atom. The highest BCUT2D eigenvalue weighted by atomic mass is 16.5. The van der Waals surface area contributed by atoms with Gasteiger partial charge in [-0.2, -0.15) is 0 Å². The summed E-state index contributed by atoms with van der Waals surface area (Å²) >= 11 is 0. The van der Waals surface area contributed by atoms with Crippen LogP contribution in [-0.2, 0) is 14.3 Å². The lowest BCUT2D eigenvalue weighted by atomic mass is 9.96. The number of hydrogen-bond acceptors (Lipinski definition) is 4. The van der Waals surface area contributed by atoms with Gasteiger partial charge in [-0.15, -0.1) is 0 Å². The highest BCUT2D eigenvalue weighted by Gasteiger charge is 2.36. The molecule has 0 spiro atoms. The second-order valence-corrected chi connectivity index (χ2v) is 5.60. The normalized spacial score (nSPS) is 29.8. The molecular weight excluding hydrogens is 260 g/mol. The highest BCUT2D eigenvalue weighted by Crippen LogP contribution is 2.30. The van der Waals surface area contributed by atoms with Gasteiger partial charge in [0.05, 0.1) is 25.2 Å². The maximum Gasteiger partial charge on any atom is 0.223 e. The van der Waals surface area contributed by atoms with Crippen LogP contribution < -0.4 is 10.6 Å². The molecule has 6 nitrogen and oxygen atoms in total. The van der Waals surface area contributed by atoms with Crippen LogP contribution >= 0.6 is 0 Å². The lowest BCUT2D eigenvalue weighted by molar-refractivity contribution is -0.136. The molecule has 0 bridgehead atoms. The number of rotatable bonds is 6. The fourth-order valence-electron chi connectivity index (χ4n) is 2.57. The highest BCUT2D eigenvalue weighted by molar-refractivity contribution is 5.81. The third kappa shape index (κ3) is 4.18. The molecule has 2 aliphatic rings. The SMILES string of the molecule is CCNC(=O)C[C@@H]1CC[C@H](NC(=O)C2CC2)[C@H](CO)O1. The fourth-order valence-corrected chi connectivity index (χ4v) is 2.57. The molecule has 2 rings (SSSR count). The Labute approximate surface area is 119 Å². The average Bonchev–Trinajstić information content (AvgIpc) is 3.25. The summed E-state index contributed by atoms with van der Waals surface area (Å²) in [4.78, 5) is 23.3. The van der Waals surface area contributed by atoms with Gasteiger partial charge in [0, 0.05) is 12.5 Å². The van der Waals surface area contributed by atoms with Gasteiger partial charge in [0.15, 0.2) is 0 Å². The minimum Gasteiger partial charge on any atom is -0.394 e. The number of nitrogens with one attached hydrogen (secondary N) is 2. The average molecular weight is 284 g/mol. The molecule has 0 aromatic heterocycles. The van der Waals surface area contributed by atoms with Gasteiger partial charge in [-0.1, -0.05) is 0 Å². The molecule has 1 saturated carbocycles. The largest absolute Gasteiger partial charge is 0.394 e. The van der Waals surface area contributed by atoms with Crippen molar-refractivity contribution >= 4 is 11.8 Å². The van der Waals surface area contributed by atoms with Crippen LogP contribution in [0.25, 0.3) is 0 Å². The van der Waals surface area contributed by atoms with Crippen molar-refractivity contribution in [1.82, 2.24) is 10.6 Å². The van der Waals surface area contributed by atoms with E-state index >= 15 is 0 Å². The Bertz CT molecular complexity index is 357. The minimum atomic E-state index is -0.411. The van der Waals surface area contributed by atoms with Crippen molar-refractivity contribution in [2.45, 2.75) is 57.3 Å². The van der Waals surface area contributed by atoms with E-state index in [0.717, 1.165) is 25.7 Å². The van der Waals surface area contributed by atoms with Crippen LogP contribution in [0.1, 0.15) is 39.0 Å². The molecule has 1 aliphatic carbocycles. The summed E-state index contributed by atoms with van der Waals surface area (Å²) in [7, 11) is 0. The van der Waals surface area contributed by atoms with Gasteiger partial charge in [-0.05, 0) is 32.6 Å². The second-order valence-electron chi connectivity index (χ2n) is 5.60. The number of ether oxygens (including phenoxy) is 1. The molecule has 1 aliphatic heterocycles. The molecule has 1 saturated heterocycles. The summed E-state index contributed by atoms with van der Waals surface area (Å²) in [6.07, 6.45) is 3.12. The molecule has 3 N–H and O–H groups in total. The summed E-state index contributed by atoms with van der Waals surface area (Å²) in [6.45, 7) is 2.34. The van der Waals surface area contributed by atoms with Crippen LogP contribution in [0, 0.1) is 5.92 Å². The summed E-state index contributed by atoms with van der Waals surface area (Å²) < 4.78 is 5.74. The maximum absolute atomic E-state index is 11.8. The molecular formula is C14H24N2O4. The van der Waals surface area contributed by atoms with E-state index in [2.05, 4.69) is 10.6 Å². The third-order valence-corrected chi connectivity index (χ3v) is 3.86. The molecule has 3 atom stereocenters. The summed E-state index contributed by atoms with van der Waals surface area (Å²) in [6, 6.07) is -0.140. The van der Waals surface area contributed by atoms with Gasteiger partial charge in [-0.25, -0.2) is 0 Å². The zero-order valence-corrected chi connectivity index (χ0v) is 11.9. The number of aliphatic hydroxyl groups is 1. The van der Waals surface area contributed by atoms with Gasteiger partial charge >= 0.3 is 0 Å². The van der Waals surface area contributed by atoms with Crippen molar-refractivity contribution < 1.29 is 19.4 Å². The van der Waals surface area contributed by atoms with Crippen molar-refractivity contribution in [2.24, 2.45) is 5.92 Å². The third-order valence-electron chi connectivity index (χ3n) is 3.86. The van der Waals surface area contributed by atoms with Crippen LogP contribution in [0.4, 0.5) is 0 Å². The molecule has 0 unspecified atom stereocenters. The predicted molar refractivity (Wildman–Crippen MR) is 72.9 cm³/mol. The van der Waals surface area contributed by atoms with Gasteiger partial charge in [-0.3, -0.25) is 9.59 Å². The van der Waals surface area contributed by atoms with Gasteiger partial charge in [0.1, 0.15) is 6.10 Å². The Morgan fingerprint density at radius 1 is 1.25 bits per heavy atom. The molecule has 2 fully saturated rings. The first-order valence-corrected chi connectivity index (χ1v) is 7.47. The van der Waals surface area contributed by atoms with Crippen LogP contribution in [0.3, 0.4) is 0 Å². The van der Waals surface area contributed by atoms with E-state index in [1.54, 1.807) is 0 Å². The fraction of sp³-hybridized carbons (Fsp3) is 0.857. The Hall–Kier alpha value is -1.14. The standard InChI is InChI=1S/C14H24N2O4/c1-2-15-13(18)7-10-5-6-11(12(8-17)20-10)16-14(19)9-3-4-9/h9-12,17H,2-8H2,1H3,(H,15,18)(H,16,19)/t10-,11-,12-/m0/s1. The molecule has 0 aromatic rings. The van der Waals surface area contributed by atoms with E-state index in [9.17, 15) is 14.7 Å². The zero-order valence-electron chi connectivity index (χ0n) is 11.9. The summed E-state index contributed by atoms with van der Waals surface area (Å²) in [5, 5.41) is 15.1. The van der Waals surface area contributed by atoms with E-state index in [0.29, 0.717) is 13.0 Å². The molecule has 114 valence electrons. The number of carbonyl (C=O) groups excluding carboxylic acids is 2. The maximum atomic E-state index is 11.8. The molecule has 1 heterocycles. The van der Waals surface area contributed by atoms with Crippen molar-refractivity contribution in [3.05, 3.63) is 0 Å². The molecule has 2 amide bonds. The first kappa shape index (κ1) is 15.3. The molecule has 20 heavy (non-hydrogen) atoms. The quantitative estimate of drug-likeness (QED) is 0.638. The van der Waals surface area contributed by atoms with E-state index in [1.807, 2.05) is 6.92 Å². The Balaban J connectivity index is 1.80. The van der Waals surface area contributed by atoms with Gasteiger partial charge in [0.25, 0.3) is 0 Å². The van der Waals surface area contributed by atoms with Crippen LogP contribution in [0.2, 0.25) is 0 Å².